The molecule has 0 spiro atoms. The third-order valence-electron chi connectivity index (χ3n) is 1.17. The Kier molecular flexibility index (Phi) is 3.39. The van der Waals surface area contributed by atoms with E-state index in [1.807, 2.05) is 0 Å². The van der Waals surface area contributed by atoms with Crippen LogP contribution in [0.15, 0.2) is 11.4 Å². The van der Waals surface area contributed by atoms with Crippen LogP contribution in [0, 0.1) is 0 Å². The summed E-state index contributed by atoms with van der Waals surface area (Å²) in [6.45, 7) is -0.403. The van der Waals surface area contributed by atoms with Gasteiger partial charge in [0.25, 0.3) is 5.92 Å². The van der Waals surface area contributed by atoms with Crippen molar-refractivity contribution < 1.29 is 39.5 Å². The van der Waals surface area contributed by atoms with Gasteiger partial charge in [0.15, 0.2) is 11.4 Å². The molecule has 0 rings (SSSR count). The summed E-state index contributed by atoms with van der Waals surface area (Å²) in [7, 11) is 0. The van der Waals surface area contributed by atoms with Gasteiger partial charge in [0.1, 0.15) is 0 Å². The molecular weight excluding hydrogens is 243 g/mol. The van der Waals surface area contributed by atoms with Crippen molar-refractivity contribution in [2.24, 2.45) is 0 Å². The van der Waals surface area contributed by atoms with Crippen molar-refractivity contribution in [3.63, 3.8) is 0 Å². The van der Waals surface area contributed by atoms with Crippen LogP contribution >= 0.6 is 0 Å². The molecule has 15 heavy (non-hydrogen) atoms. The van der Waals surface area contributed by atoms with Crippen LogP contribution in [-0.2, 0) is 0 Å². The van der Waals surface area contributed by atoms with Gasteiger partial charge in [-0.05, 0) is 0 Å². The third kappa shape index (κ3) is 3.63. The van der Waals surface area contributed by atoms with Crippen molar-refractivity contribution in [2.75, 3.05) is 0 Å². The second-order valence-electron chi connectivity index (χ2n) is 2.57. The van der Waals surface area contributed by atoms with Gasteiger partial charge in [-0.25, -0.2) is 4.39 Å². The highest BCUT2D eigenvalue weighted by atomic mass is 19.4. The van der Waals surface area contributed by atoms with Crippen LogP contribution in [0.2, 0.25) is 0 Å². The third-order valence-corrected chi connectivity index (χ3v) is 1.17. The Morgan fingerprint density at radius 1 is 0.733 bits per heavy atom. The maximum atomic E-state index is 12.3. The number of halogens is 9. The van der Waals surface area contributed by atoms with Gasteiger partial charge >= 0.3 is 12.4 Å². The molecule has 0 fully saturated rings. The Hall–Kier alpha value is -0.890. The molecule has 0 aliphatic rings. The molecule has 0 heterocycles. The highest BCUT2D eigenvalue weighted by Crippen LogP contribution is 2.44. The van der Waals surface area contributed by atoms with Crippen LogP contribution in [0.1, 0.15) is 6.92 Å². The summed E-state index contributed by atoms with van der Waals surface area (Å²) < 4.78 is 106. The maximum absolute atomic E-state index is 12.3. The Balaban J connectivity index is 5.71. The monoisotopic (exact) mass is 246 g/mol. The van der Waals surface area contributed by atoms with Gasteiger partial charge in [-0.1, -0.05) is 0 Å². The van der Waals surface area contributed by atoms with Gasteiger partial charge in [-0.2, -0.15) is 35.1 Å². The summed E-state index contributed by atoms with van der Waals surface area (Å²) in [6, 6.07) is 0. The molecule has 0 aromatic rings. The lowest BCUT2D eigenvalue weighted by molar-refractivity contribution is -0.178. The zero-order valence-corrected chi connectivity index (χ0v) is 6.90. The minimum absolute atomic E-state index is 0.403. The molecule has 0 saturated carbocycles. The predicted octanol–water partition coefficient (Wildman–Crippen LogP) is 3.99. The van der Waals surface area contributed by atoms with Crippen molar-refractivity contribution in [2.45, 2.75) is 25.2 Å². The number of rotatable bonds is 1. The summed E-state index contributed by atoms with van der Waals surface area (Å²) >= 11 is 0. The molecule has 0 aromatic heterocycles. The highest BCUT2D eigenvalue weighted by Gasteiger charge is 2.56. The van der Waals surface area contributed by atoms with E-state index < -0.39 is 36.6 Å². The first-order valence-electron chi connectivity index (χ1n) is 3.20. The van der Waals surface area contributed by atoms with Crippen LogP contribution in [0.5, 0.6) is 0 Å². The SMILES string of the molecule is CC(F)(F)C(F)=C(C(F)(F)F)C(F)(F)F. The van der Waals surface area contributed by atoms with E-state index in [1.54, 1.807) is 0 Å². The molecule has 0 nitrogen and oxygen atoms in total. The molecule has 0 N–H and O–H groups in total. The second kappa shape index (κ2) is 3.60. The Morgan fingerprint density at radius 2 is 1.00 bits per heavy atom. The molecule has 0 aromatic carbocycles. The zero-order valence-electron chi connectivity index (χ0n) is 6.90. The fraction of sp³-hybridized carbons (Fsp3) is 0.667. The lowest BCUT2D eigenvalue weighted by Crippen LogP contribution is -2.31. The lowest BCUT2D eigenvalue weighted by atomic mass is 10.1. The summed E-state index contributed by atoms with van der Waals surface area (Å²) in [5, 5.41) is 0. The van der Waals surface area contributed by atoms with Gasteiger partial charge in [0.2, 0.25) is 0 Å². The van der Waals surface area contributed by atoms with Gasteiger partial charge < -0.3 is 0 Å². The van der Waals surface area contributed by atoms with E-state index >= 15 is 0 Å². The number of alkyl halides is 8. The summed E-state index contributed by atoms with van der Waals surface area (Å²) in [4.78, 5) is 0. The van der Waals surface area contributed by atoms with Crippen LogP contribution in [0.4, 0.5) is 39.5 Å². The molecule has 0 radical (unpaired) electrons. The van der Waals surface area contributed by atoms with Crippen LogP contribution in [0.3, 0.4) is 0 Å². The van der Waals surface area contributed by atoms with Crippen LogP contribution in [0.25, 0.3) is 0 Å². The van der Waals surface area contributed by atoms with E-state index in [2.05, 4.69) is 0 Å². The highest BCUT2D eigenvalue weighted by molar-refractivity contribution is 5.23. The maximum Gasteiger partial charge on any atom is 0.424 e. The molecule has 0 atom stereocenters. The summed E-state index contributed by atoms with van der Waals surface area (Å²) in [5.74, 6) is -8.37. The van der Waals surface area contributed by atoms with E-state index in [-0.39, 0.29) is 0 Å². The topological polar surface area (TPSA) is 0 Å². The second-order valence-corrected chi connectivity index (χ2v) is 2.57. The Bertz CT molecular complexity index is 244. The fourth-order valence-corrected chi connectivity index (χ4v) is 0.629. The number of allylic oxidation sites excluding steroid dienone is 2. The van der Waals surface area contributed by atoms with E-state index in [0.29, 0.717) is 0 Å². The van der Waals surface area contributed by atoms with Crippen LogP contribution in [-0.4, -0.2) is 18.3 Å². The van der Waals surface area contributed by atoms with E-state index in [9.17, 15) is 39.5 Å². The number of hydrogen-bond acceptors (Lipinski definition) is 0. The van der Waals surface area contributed by atoms with Gasteiger partial charge in [0.05, 0.1) is 0 Å². The zero-order chi connectivity index (χ0) is 12.7. The quantitative estimate of drug-likeness (QED) is 0.613. The molecule has 0 aliphatic heterocycles. The molecule has 90 valence electrons. The van der Waals surface area contributed by atoms with Crippen molar-refractivity contribution in [1.82, 2.24) is 0 Å². The van der Waals surface area contributed by atoms with Crippen molar-refractivity contribution in [3.8, 4) is 0 Å². The van der Waals surface area contributed by atoms with Crippen molar-refractivity contribution in [1.29, 1.82) is 0 Å². The average Bonchev–Trinajstić information content (AvgIpc) is 1.76. The molecule has 0 amide bonds. The van der Waals surface area contributed by atoms with Gasteiger partial charge in [-0.15, -0.1) is 0 Å². The van der Waals surface area contributed by atoms with Gasteiger partial charge in [0, 0.05) is 6.92 Å². The standard InChI is InChI=1S/C6H3F9/c1-4(8,9)3(7)2(5(10,11)12)6(13,14)15/h1H3. The average molecular weight is 246 g/mol. The van der Waals surface area contributed by atoms with Crippen molar-refractivity contribution >= 4 is 0 Å². The Morgan fingerprint density at radius 3 is 1.07 bits per heavy atom. The number of hydrogen-bond donors (Lipinski definition) is 0. The minimum Gasteiger partial charge on any atom is -0.204 e. The smallest absolute Gasteiger partial charge is 0.204 e. The fourth-order valence-electron chi connectivity index (χ4n) is 0.629. The first kappa shape index (κ1) is 14.1. The van der Waals surface area contributed by atoms with E-state index in [4.69, 9.17) is 0 Å². The molecule has 0 saturated heterocycles. The van der Waals surface area contributed by atoms with Gasteiger partial charge in [-0.3, -0.25) is 0 Å². The normalized spacial score (nSPS) is 14.0. The molecule has 0 unspecified atom stereocenters. The van der Waals surface area contributed by atoms with E-state index in [0.717, 1.165) is 0 Å². The lowest BCUT2D eigenvalue weighted by Gasteiger charge is -2.18. The molecule has 9 heteroatoms. The van der Waals surface area contributed by atoms with Crippen LogP contribution < -0.4 is 0 Å². The van der Waals surface area contributed by atoms with E-state index in [1.165, 1.54) is 0 Å². The molecule has 0 bridgehead atoms. The Labute approximate surface area is 77.4 Å². The summed E-state index contributed by atoms with van der Waals surface area (Å²) in [5.41, 5.74) is -3.82. The molecule has 0 aliphatic carbocycles. The predicted molar refractivity (Wildman–Crippen MR) is 30.9 cm³/mol. The molecular formula is C6H3F9. The van der Waals surface area contributed by atoms with Crippen molar-refractivity contribution in [3.05, 3.63) is 11.4 Å². The minimum atomic E-state index is -6.22. The first-order chi connectivity index (χ1) is 6.28. The first-order valence-corrected chi connectivity index (χ1v) is 3.20. The summed E-state index contributed by atoms with van der Waals surface area (Å²) in [6.07, 6.45) is -12.4. The largest absolute Gasteiger partial charge is 0.424 e.